The van der Waals surface area contributed by atoms with Crippen LogP contribution in [0.1, 0.15) is 35.8 Å². The zero-order valence-corrected chi connectivity index (χ0v) is 17.1. The summed E-state index contributed by atoms with van der Waals surface area (Å²) in [5.41, 5.74) is 1.55. The number of nitrogens with one attached hydrogen (secondary N) is 1. The van der Waals surface area contributed by atoms with Gasteiger partial charge in [0.25, 0.3) is 0 Å². The molecule has 2 atom stereocenters. The normalized spacial score (nSPS) is 18.5. The number of alkyl halides is 3. The number of hydrogen-bond acceptors (Lipinski definition) is 5. The lowest BCUT2D eigenvalue weighted by molar-refractivity contribution is -0.168. The van der Waals surface area contributed by atoms with Crippen LogP contribution < -0.4 is 15.1 Å². The minimum absolute atomic E-state index is 0.0800. The number of hydrogen-bond donors (Lipinski definition) is 1. The predicted molar refractivity (Wildman–Crippen MR) is 109 cm³/mol. The van der Waals surface area contributed by atoms with E-state index in [2.05, 4.69) is 20.2 Å². The molecule has 1 saturated heterocycles. The number of ketones is 1. The number of nitrogens with zero attached hydrogens (tertiary/aromatic N) is 4. The molecule has 1 fully saturated rings. The van der Waals surface area contributed by atoms with E-state index in [4.69, 9.17) is 0 Å². The molecule has 7 nitrogen and oxygen atoms in total. The van der Waals surface area contributed by atoms with Crippen molar-refractivity contribution in [3.05, 3.63) is 41.7 Å². The fourth-order valence-electron chi connectivity index (χ4n) is 3.84. The molecule has 4 heterocycles. The number of aryl methyl sites for hydroxylation is 1. The van der Waals surface area contributed by atoms with Crippen LogP contribution >= 0.6 is 0 Å². The van der Waals surface area contributed by atoms with E-state index in [0.29, 0.717) is 18.1 Å². The summed E-state index contributed by atoms with van der Waals surface area (Å²) in [5, 5.41) is 2.75. The third-order valence-electron chi connectivity index (χ3n) is 5.65. The van der Waals surface area contributed by atoms with Crippen LogP contribution in [0.4, 0.5) is 35.3 Å². The SMILES string of the molecule is Cc1ccc(NC(=O)N2c3nc(C(=O)C[C@H](C)C(F)(F)F)ccc3N3CC[C@H]2C3)nc1. The summed E-state index contributed by atoms with van der Waals surface area (Å²) in [6.07, 6.45) is -2.79. The van der Waals surface area contributed by atoms with E-state index in [1.54, 1.807) is 18.3 Å². The highest BCUT2D eigenvalue weighted by molar-refractivity contribution is 6.05. The molecule has 0 saturated carbocycles. The van der Waals surface area contributed by atoms with Crippen molar-refractivity contribution in [2.24, 2.45) is 5.92 Å². The van der Waals surface area contributed by atoms with Crippen molar-refractivity contribution >= 4 is 29.1 Å². The highest BCUT2D eigenvalue weighted by Gasteiger charge is 2.41. The van der Waals surface area contributed by atoms with Crippen molar-refractivity contribution in [2.45, 2.75) is 38.9 Å². The van der Waals surface area contributed by atoms with Gasteiger partial charge in [-0.2, -0.15) is 13.2 Å². The summed E-state index contributed by atoms with van der Waals surface area (Å²) in [6.45, 7) is 4.21. The number of carbonyl (C=O) groups excluding carboxylic acids is 2. The smallest absolute Gasteiger partial charge is 0.366 e. The number of halogens is 3. The van der Waals surface area contributed by atoms with Gasteiger partial charge in [0.2, 0.25) is 0 Å². The van der Waals surface area contributed by atoms with E-state index in [0.717, 1.165) is 25.5 Å². The second kappa shape index (κ2) is 7.82. The average molecular weight is 433 g/mol. The molecule has 10 heteroatoms. The Kier molecular flexibility index (Phi) is 5.32. The van der Waals surface area contributed by atoms with E-state index in [1.165, 1.54) is 11.0 Å². The minimum Gasteiger partial charge on any atom is -0.366 e. The predicted octanol–water partition coefficient (Wildman–Crippen LogP) is 4.19. The molecule has 2 aromatic heterocycles. The van der Waals surface area contributed by atoms with Gasteiger partial charge in [0, 0.05) is 25.7 Å². The number of urea groups is 1. The lowest BCUT2D eigenvalue weighted by Crippen LogP contribution is -2.48. The maximum Gasteiger partial charge on any atom is 0.391 e. The third-order valence-corrected chi connectivity index (χ3v) is 5.65. The number of fused-ring (bicyclic) bond motifs is 4. The Morgan fingerprint density at radius 2 is 2.03 bits per heavy atom. The van der Waals surface area contributed by atoms with Crippen LogP contribution in [0.3, 0.4) is 0 Å². The summed E-state index contributed by atoms with van der Waals surface area (Å²) < 4.78 is 38.6. The maximum absolute atomic E-state index is 13.1. The Morgan fingerprint density at radius 3 is 2.71 bits per heavy atom. The maximum atomic E-state index is 13.1. The van der Waals surface area contributed by atoms with Crippen molar-refractivity contribution in [2.75, 3.05) is 28.2 Å². The highest BCUT2D eigenvalue weighted by Crippen LogP contribution is 2.39. The number of Topliss-reactive ketones (excluding diaryl/α,β-unsaturated/α-hetero) is 1. The molecule has 2 aliphatic heterocycles. The van der Waals surface area contributed by atoms with Crippen LogP contribution in [0, 0.1) is 12.8 Å². The number of pyridine rings is 2. The molecule has 4 rings (SSSR count). The standard InChI is InChI=1S/C21H22F3N5O2/c1-12-3-6-18(25-10-12)27-20(31)29-14-7-8-28(11-14)16-5-4-15(26-19(16)29)17(30)9-13(2)21(22,23)24/h3-6,10,13-14H,7-9,11H2,1-2H3,(H,25,27,31)/t13-,14-/m0/s1. The van der Waals surface area contributed by atoms with Gasteiger partial charge in [0.1, 0.15) is 11.5 Å². The zero-order chi connectivity index (χ0) is 22.3. The molecular formula is C21H22F3N5O2. The van der Waals surface area contributed by atoms with E-state index in [9.17, 15) is 22.8 Å². The van der Waals surface area contributed by atoms with Gasteiger partial charge in [-0.3, -0.25) is 15.0 Å². The average Bonchev–Trinajstić information content (AvgIpc) is 3.13. The molecule has 0 spiro atoms. The molecule has 2 aromatic rings. The van der Waals surface area contributed by atoms with E-state index < -0.39 is 30.3 Å². The fourth-order valence-corrected chi connectivity index (χ4v) is 3.84. The first-order valence-corrected chi connectivity index (χ1v) is 10.0. The van der Waals surface area contributed by atoms with Gasteiger partial charge in [0.05, 0.1) is 17.6 Å². The van der Waals surface area contributed by atoms with Gasteiger partial charge in [-0.1, -0.05) is 13.0 Å². The van der Waals surface area contributed by atoms with Crippen molar-refractivity contribution in [1.29, 1.82) is 0 Å². The van der Waals surface area contributed by atoms with E-state index in [1.807, 2.05) is 13.0 Å². The van der Waals surface area contributed by atoms with Crippen LogP contribution in [0.15, 0.2) is 30.5 Å². The van der Waals surface area contributed by atoms with Gasteiger partial charge in [-0.25, -0.2) is 14.8 Å². The number of carbonyl (C=O) groups is 2. The number of anilines is 3. The molecule has 2 bridgehead atoms. The second-order valence-electron chi connectivity index (χ2n) is 8.02. The summed E-state index contributed by atoms with van der Waals surface area (Å²) in [6, 6.07) is 6.00. The number of rotatable bonds is 4. The first kappa shape index (κ1) is 21.1. The quantitative estimate of drug-likeness (QED) is 0.732. The molecule has 0 unspecified atom stereocenters. The highest BCUT2D eigenvalue weighted by atomic mass is 19.4. The van der Waals surface area contributed by atoms with Crippen molar-refractivity contribution in [3.8, 4) is 0 Å². The zero-order valence-electron chi connectivity index (χ0n) is 17.1. The Labute approximate surface area is 177 Å². The molecule has 0 radical (unpaired) electrons. The number of aromatic nitrogens is 2. The lowest BCUT2D eigenvalue weighted by atomic mass is 10.0. The first-order valence-electron chi connectivity index (χ1n) is 10.0. The molecule has 31 heavy (non-hydrogen) atoms. The van der Waals surface area contributed by atoms with E-state index in [-0.39, 0.29) is 17.6 Å². The van der Waals surface area contributed by atoms with Crippen LogP contribution in [-0.2, 0) is 0 Å². The molecule has 2 aliphatic rings. The third kappa shape index (κ3) is 4.19. The van der Waals surface area contributed by atoms with Gasteiger partial charge < -0.3 is 4.90 Å². The molecule has 0 aliphatic carbocycles. The summed E-state index contributed by atoms with van der Waals surface area (Å²) in [5.74, 6) is -1.82. The monoisotopic (exact) mass is 433 g/mol. The van der Waals surface area contributed by atoms with Crippen molar-refractivity contribution < 1.29 is 22.8 Å². The van der Waals surface area contributed by atoms with Gasteiger partial charge in [0.15, 0.2) is 11.6 Å². The topological polar surface area (TPSA) is 78.4 Å². The largest absolute Gasteiger partial charge is 0.391 e. The molecular weight excluding hydrogens is 411 g/mol. The molecule has 0 aromatic carbocycles. The summed E-state index contributed by atoms with van der Waals surface area (Å²) in [4.78, 5) is 37.6. The summed E-state index contributed by atoms with van der Waals surface area (Å²) in [7, 11) is 0. The van der Waals surface area contributed by atoms with Crippen LogP contribution in [0.5, 0.6) is 0 Å². The van der Waals surface area contributed by atoms with Crippen molar-refractivity contribution in [1.82, 2.24) is 9.97 Å². The molecule has 2 amide bonds. The summed E-state index contributed by atoms with van der Waals surface area (Å²) >= 11 is 0. The second-order valence-corrected chi connectivity index (χ2v) is 8.02. The lowest BCUT2D eigenvalue weighted by Gasteiger charge is -2.35. The van der Waals surface area contributed by atoms with Crippen LogP contribution in [-0.4, -0.2) is 47.1 Å². The Hall–Kier alpha value is -3.17. The molecule has 1 N–H and O–H groups in total. The Morgan fingerprint density at radius 1 is 1.26 bits per heavy atom. The number of amides is 2. The molecule has 164 valence electrons. The van der Waals surface area contributed by atoms with Crippen LogP contribution in [0.25, 0.3) is 0 Å². The minimum atomic E-state index is -4.46. The van der Waals surface area contributed by atoms with Gasteiger partial charge >= 0.3 is 12.2 Å². The van der Waals surface area contributed by atoms with Crippen molar-refractivity contribution in [3.63, 3.8) is 0 Å². The fraction of sp³-hybridized carbons (Fsp3) is 0.429. The van der Waals surface area contributed by atoms with E-state index >= 15 is 0 Å². The Balaban J connectivity index is 1.62. The van der Waals surface area contributed by atoms with Crippen LogP contribution in [0.2, 0.25) is 0 Å². The van der Waals surface area contributed by atoms with Gasteiger partial charge in [-0.15, -0.1) is 0 Å². The first-order chi connectivity index (χ1) is 14.6. The van der Waals surface area contributed by atoms with Gasteiger partial charge in [-0.05, 0) is 37.1 Å². The Bertz CT molecular complexity index is 1010.